The van der Waals surface area contributed by atoms with Gasteiger partial charge in [-0.15, -0.1) is 11.3 Å². The standard InChI is InChI=1S/C13H22N2O2S2/c1-10-9-18-12(8-14)13(10)19(16,17)15(2)11-6-4-3-5-7-11/h9,11H,3-8,14H2,1-2H3. The van der Waals surface area contributed by atoms with Gasteiger partial charge in [0.05, 0.1) is 0 Å². The van der Waals surface area contributed by atoms with Crippen molar-refractivity contribution in [3.05, 3.63) is 15.8 Å². The molecule has 1 aliphatic rings. The fraction of sp³-hybridized carbons (Fsp3) is 0.692. The van der Waals surface area contributed by atoms with Gasteiger partial charge in [-0.25, -0.2) is 8.42 Å². The molecule has 4 nitrogen and oxygen atoms in total. The summed E-state index contributed by atoms with van der Waals surface area (Å²) in [6.45, 7) is 2.13. The van der Waals surface area contributed by atoms with Gasteiger partial charge >= 0.3 is 0 Å². The molecule has 0 aromatic carbocycles. The van der Waals surface area contributed by atoms with Crippen LogP contribution < -0.4 is 5.73 Å². The lowest BCUT2D eigenvalue weighted by molar-refractivity contribution is 0.285. The number of nitrogens with two attached hydrogens (primary N) is 1. The summed E-state index contributed by atoms with van der Waals surface area (Å²) in [6.07, 6.45) is 5.40. The van der Waals surface area contributed by atoms with Gasteiger partial charge in [-0.1, -0.05) is 19.3 Å². The zero-order valence-electron chi connectivity index (χ0n) is 11.6. The number of sulfonamides is 1. The van der Waals surface area contributed by atoms with Crippen molar-refractivity contribution >= 4 is 21.4 Å². The Bertz CT molecular complexity index is 531. The van der Waals surface area contributed by atoms with Gasteiger partial charge in [0.1, 0.15) is 4.90 Å². The van der Waals surface area contributed by atoms with Crippen LogP contribution in [0.4, 0.5) is 0 Å². The van der Waals surface area contributed by atoms with E-state index in [-0.39, 0.29) is 12.6 Å². The summed E-state index contributed by atoms with van der Waals surface area (Å²) in [5, 5.41) is 1.88. The van der Waals surface area contributed by atoms with Crippen molar-refractivity contribution in [2.24, 2.45) is 5.73 Å². The molecule has 0 bridgehead atoms. The van der Waals surface area contributed by atoms with Crippen molar-refractivity contribution in [3.8, 4) is 0 Å². The lowest BCUT2D eigenvalue weighted by atomic mass is 9.96. The van der Waals surface area contributed by atoms with Gasteiger partial charge < -0.3 is 5.73 Å². The van der Waals surface area contributed by atoms with E-state index in [2.05, 4.69) is 0 Å². The molecule has 0 amide bonds. The highest BCUT2D eigenvalue weighted by molar-refractivity contribution is 7.89. The van der Waals surface area contributed by atoms with Gasteiger partial charge in [0.2, 0.25) is 10.0 Å². The van der Waals surface area contributed by atoms with Crippen LogP contribution in [0.1, 0.15) is 42.5 Å². The molecule has 2 N–H and O–H groups in total. The van der Waals surface area contributed by atoms with Gasteiger partial charge in [0, 0.05) is 24.5 Å². The Morgan fingerprint density at radius 1 is 1.37 bits per heavy atom. The minimum Gasteiger partial charge on any atom is -0.326 e. The third kappa shape index (κ3) is 2.86. The molecule has 1 heterocycles. The average Bonchev–Trinajstić information content (AvgIpc) is 2.80. The molecular weight excluding hydrogens is 280 g/mol. The number of aryl methyl sites for hydroxylation is 1. The molecule has 0 saturated heterocycles. The molecule has 2 rings (SSSR count). The minimum atomic E-state index is -3.40. The largest absolute Gasteiger partial charge is 0.326 e. The monoisotopic (exact) mass is 302 g/mol. The second-order valence-electron chi connectivity index (χ2n) is 5.19. The van der Waals surface area contributed by atoms with Crippen LogP contribution in [0.3, 0.4) is 0 Å². The molecule has 1 aromatic heterocycles. The molecule has 1 saturated carbocycles. The first kappa shape index (κ1) is 15.0. The fourth-order valence-electron chi connectivity index (χ4n) is 2.76. The molecule has 1 aromatic rings. The first-order valence-electron chi connectivity index (χ1n) is 6.73. The molecule has 0 aliphatic heterocycles. The molecule has 1 fully saturated rings. The molecule has 6 heteroatoms. The van der Waals surface area contributed by atoms with Crippen LogP contribution in [-0.4, -0.2) is 25.8 Å². The van der Waals surface area contributed by atoms with E-state index >= 15 is 0 Å². The quantitative estimate of drug-likeness (QED) is 0.929. The van der Waals surface area contributed by atoms with Crippen molar-refractivity contribution in [1.29, 1.82) is 0 Å². The van der Waals surface area contributed by atoms with Crippen LogP contribution in [0.25, 0.3) is 0 Å². The predicted molar refractivity (Wildman–Crippen MR) is 78.8 cm³/mol. The summed E-state index contributed by atoms with van der Waals surface area (Å²) in [5.41, 5.74) is 6.48. The molecule has 0 spiro atoms. The van der Waals surface area contributed by atoms with E-state index in [4.69, 9.17) is 5.73 Å². The Kier molecular flexibility index (Phi) is 4.66. The van der Waals surface area contributed by atoms with Crippen molar-refractivity contribution in [2.45, 2.75) is 56.5 Å². The Balaban J connectivity index is 2.33. The van der Waals surface area contributed by atoms with E-state index in [1.807, 2.05) is 12.3 Å². The molecule has 0 unspecified atom stereocenters. The van der Waals surface area contributed by atoms with E-state index in [0.29, 0.717) is 4.90 Å². The summed E-state index contributed by atoms with van der Waals surface area (Å²) in [7, 11) is -1.69. The van der Waals surface area contributed by atoms with Crippen LogP contribution >= 0.6 is 11.3 Å². The number of nitrogens with zero attached hydrogens (tertiary/aromatic N) is 1. The second kappa shape index (κ2) is 5.91. The van der Waals surface area contributed by atoms with E-state index in [1.165, 1.54) is 17.8 Å². The predicted octanol–water partition coefficient (Wildman–Crippen LogP) is 2.47. The average molecular weight is 302 g/mol. The zero-order chi connectivity index (χ0) is 14.0. The van der Waals surface area contributed by atoms with Gasteiger partial charge in [0.15, 0.2) is 0 Å². The summed E-state index contributed by atoms with van der Waals surface area (Å²) < 4.78 is 27.1. The third-order valence-corrected chi connectivity index (χ3v) is 7.30. The van der Waals surface area contributed by atoms with Crippen molar-refractivity contribution < 1.29 is 8.42 Å². The molecule has 108 valence electrons. The van der Waals surface area contributed by atoms with Gasteiger partial charge in [-0.05, 0) is 30.7 Å². The normalized spacial score (nSPS) is 18.1. The fourth-order valence-corrected chi connectivity index (χ4v) is 5.82. The van der Waals surface area contributed by atoms with Crippen molar-refractivity contribution in [3.63, 3.8) is 0 Å². The van der Waals surface area contributed by atoms with E-state index in [0.717, 1.165) is 36.1 Å². The zero-order valence-corrected chi connectivity index (χ0v) is 13.2. The molecule has 0 atom stereocenters. The highest BCUT2D eigenvalue weighted by atomic mass is 32.2. The summed E-state index contributed by atoms with van der Waals surface area (Å²) in [4.78, 5) is 1.20. The van der Waals surface area contributed by atoms with Gasteiger partial charge in [-0.2, -0.15) is 4.31 Å². The van der Waals surface area contributed by atoms with Crippen LogP contribution in [0, 0.1) is 6.92 Å². The van der Waals surface area contributed by atoms with Crippen LogP contribution in [0.15, 0.2) is 10.3 Å². The highest BCUT2D eigenvalue weighted by Crippen LogP contribution is 2.32. The lowest BCUT2D eigenvalue weighted by Gasteiger charge is -2.30. The van der Waals surface area contributed by atoms with E-state index < -0.39 is 10.0 Å². The van der Waals surface area contributed by atoms with E-state index in [9.17, 15) is 8.42 Å². The maximum atomic E-state index is 12.8. The Hall–Kier alpha value is -0.430. The smallest absolute Gasteiger partial charge is 0.244 e. The number of hydrogen-bond acceptors (Lipinski definition) is 4. The Morgan fingerprint density at radius 3 is 2.58 bits per heavy atom. The first-order chi connectivity index (χ1) is 8.98. The third-order valence-electron chi connectivity index (χ3n) is 3.90. The maximum Gasteiger partial charge on any atom is 0.244 e. The lowest BCUT2D eigenvalue weighted by Crippen LogP contribution is -2.38. The van der Waals surface area contributed by atoms with Crippen LogP contribution in [-0.2, 0) is 16.6 Å². The highest BCUT2D eigenvalue weighted by Gasteiger charge is 2.32. The SMILES string of the molecule is Cc1csc(CN)c1S(=O)(=O)N(C)C1CCCCC1. The topological polar surface area (TPSA) is 63.4 Å². The maximum absolute atomic E-state index is 12.8. The second-order valence-corrected chi connectivity index (χ2v) is 8.09. The first-order valence-corrected chi connectivity index (χ1v) is 9.05. The Labute approximate surface area is 119 Å². The van der Waals surface area contributed by atoms with E-state index in [1.54, 1.807) is 11.4 Å². The number of hydrogen-bond donors (Lipinski definition) is 1. The molecule has 0 radical (unpaired) electrons. The minimum absolute atomic E-state index is 0.142. The summed E-state index contributed by atoms with van der Waals surface area (Å²) in [6, 6.07) is 0.142. The number of rotatable bonds is 4. The van der Waals surface area contributed by atoms with Crippen LogP contribution in [0.2, 0.25) is 0 Å². The van der Waals surface area contributed by atoms with Crippen molar-refractivity contribution in [2.75, 3.05) is 7.05 Å². The summed E-state index contributed by atoms with van der Waals surface area (Å²) >= 11 is 1.44. The molecule has 19 heavy (non-hydrogen) atoms. The number of thiophene rings is 1. The molecule has 1 aliphatic carbocycles. The van der Waals surface area contributed by atoms with Crippen molar-refractivity contribution in [1.82, 2.24) is 4.31 Å². The molecular formula is C13H22N2O2S2. The summed E-state index contributed by atoms with van der Waals surface area (Å²) in [5.74, 6) is 0. The Morgan fingerprint density at radius 2 is 2.00 bits per heavy atom. The van der Waals surface area contributed by atoms with Gasteiger partial charge in [0.25, 0.3) is 0 Å². The van der Waals surface area contributed by atoms with Gasteiger partial charge in [-0.3, -0.25) is 0 Å². The van der Waals surface area contributed by atoms with Crippen LogP contribution in [0.5, 0.6) is 0 Å².